The monoisotopic (exact) mass is 237 g/mol. The van der Waals surface area contributed by atoms with Crippen LogP contribution in [0.5, 0.6) is 0 Å². The molecular formula is C9H8BrN3. The average Bonchev–Trinajstić information content (AvgIpc) is 2.22. The first-order chi connectivity index (χ1) is 6.39. The molecule has 0 spiro atoms. The summed E-state index contributed by atoms with van der Waals surface area (Å²) < 4.78 is 0.634. The van der Waals surface area contributed by atoms with Crippen LogP contribution in [0.3, 0.4) is 0 Å². The zero-order chi connectivity index (χ0) is 9.36. The zero-order valence-corrected chi connectivity index (χ0v) is 8.42. The van der Waals surface area contributed by atoms with Gasteiger partial charge in [0.2, 0.25) is 0 Å². The van der Waals surface area contributed by atoms with Gasteiger partial charge in [-0.3, -0.25) is 4.98 Å². The maximum Gasteiger partial charge on any atom is 0.196 e. The topological polar surface area (TPSA) is 38.7 Å². The number of hydrogen-bond acceptors (Lipinski definition) is 3. The van der Waals surface area contributed by atoms with Gasteiger partial charge < -0.3 is 0 Å². The van der Waals surface area contributed by atoms with Crippen LogP contribution in [0.4, 0.5) is 0 Å². The summed E-state index contributed by atoms with van der Waals surface area (Å²) in [6.07, 6.45) is 6.86. The van der Waals surface area contributed by atoms with E-state index in [9.17, 15) is 0 Å². The van der Waals surface area contributed by atoms with Crippen molar-refractivity contribution in [1.82, 2.24) is 15.0 Å². The van der Waals surface area contributed by atoms with Gasteiger partial charge in [-0.1, -0.05) is 6.07 Å². The fourth-order valence-corrected chi connectivity index (χ4v) is 0.830. The highest BCUT2D eigenvalue weighted by molar-refractivity contribution is 9.10. The molecule has 0 radical (unpaired) electrons. The molecule has 66 valence electrons. The Morgan fingerprint density at radius 2 is 1.38 bits per heavy atom. The van der Waals surface area contributed by atoms with Crippen molar-refractivity contribution in [2.45, 2.75) is 0 Å². The molecule has 13 heavy (non-hydrogen) atoms. The van der Waals surface area contributed by atoms with E-state index in [-0.39, 0.29) is 0 Å². The molecule has 0 aliphatic carbocycles. The summed E-state index contributed by atoms with van der Waals surface area (Å²) in [4.78, 5) is 11.4. The molecule has 0 unspecified atom stereocenters. The molecule has 0 N–H and O–H groups in total. The quantitative estimate of drug-likeness (QED) is 0.661. The summed E-state index contributed by atoms with van der Waals surface area (Å²) in [5, 5.41) is 0. The van der Waals surface area contributed by atoms with Gasteiger partial charge in [-0.25, -0.2) is 9.97 Å². The van der Waals surface area contributed by atoms with Crippen LogP contribution in [0.2, 0.25) is 0 Å². The lowest BCUT2D eigenvalue weighted by Crippen LogP contribution is -1.74. The van der Waals surface area contributed by atoms with Crippen LogP contribution in [0, 0.1) is 0 Å². The van der Waals surface area contributed by atoms with E-state index in [1.165, 1.54) is 0 Å². The predicted octanol–water partition coefficient (Wildman–Crippen LogP) is 2.32. The van der Waals surface area contributed by atoms with Crippen LogP contribution in [0.25, 0.3) is 0 Å². The van der Waals surface area contributed by atoms with E-state index in [4.69, 9.17) is 0 Å². The van der Waals surface area contributed by atoms with Gasteiger partial charge in [0, 0.05) is 24.8 Å². The lowest BCUT2D eigenvalue weighted by Gasteiger charge is -1.79. The zero-order valence-electron chi connectivity index (χ0n) is 6.84. The number of hydrogen-bond donors (Lipinski definition) is 0. The molecule has 0 amide bonds. The Labute approximate surface area is 85.0 Å². The minimum Gasteiger partial charge on any atom is -0.265 e. The van der Waals surface area contributed by atoms with Crippen molar-refractivity contribution in [2.75, 3.05) is 0 Å². The first-order valence-corrected chi connectivity index (χ1v) is 4.46. The lowest BCUT2D eigenvalue weighted by molar-refractivity contribution is 1.11. The summed E-state index contributed by atoms with van der Waals surface area (Å²) in [5.41, 5.74) is 0. The van der Waals surface area contributed by atoms with Crippen LogP contribution in [-0.2, 0) is 0 Å². The smallest absolute Gasteiger partial charge is 0.196 e. The fraction of sp³-hybridized carbons (Fsp3) is 0. The lowest BCUT2D eigenvalue weighted by atomic mass is 10.5. The first kappa shape index (κ1) is 9.80. The average molecular weight is 238 g/mol. The second-order valence-electron chi connectivity index (χ2n) is 2.04. The number of aromatic nitrogens is 3. The number of halogens is 1. The van der Waals surface area contributed by atoms with E-state index in [0.717, 1.165) is 0 Å². The maximum absolute atomic E-state index is 3.78. The third-order valence-corrected chi connectivity index (χ3v) is 1.51. The number of pyridine rings is 1. The van der Waals surface area contributed by atoms with Crippen molar-refractivity contribution in [2.24, 2.45) is 0 Å². The molecule has 2 aromatic heterocycles. The van der Waals surface area contributed by atoms with Gasteiger partial charge >= 0.3 is 0 Å². The molecule has 2 heterocycles. The SMILES string of the molecule is Brc1ncccn1.c1ccncc1. The van der Waals surface area contributed by atoms with Gasteiger partial charge in [0.1, 0.15) is 0 Å². The Kier molecular flexibility index (Phi) is 4.71. The van der Waals surface area contributed by atoms with Gasteiger partial charge in [0.15, 0.2) is 4.73 Å². The Bertz CT molecular complexity index is 285. The Morgan fingerprint density at radius 1 is 0.769 bits per heavy atom. The van der Waals surface area contributed by atoms with Gasteiger partial charge in [-0.2, -0.15) is 0 Å². The first-order valence-electron chi connectivity index (χ1n) is 3.67. The van der Waals surface area contributed by atoms with Crippen LogP contribution < -0.4 is 0 Å². The van der Waals surface area contributed by atoms with E-state index in [0.29, 0.717) is 4.73 Å². The fourth-order valence-electron chi connectivity index (χ4n) is 0.594. The molecule has 2 rings (SSSR count). The van der Waals surface area contributed by atoms with E-state index in [1.54, 1.807) is 30.9 Å². The van der Waals surface area contributed by atoms with Crippen molar-refractivity contribution >= 4 is 15.9 Å². The highest BCUT2D eigenvalue weighted by atomic mass is 79.9. The van der Waals surface area contributed by atoms with Crippen molar-refractivity contribution in [3.05, 3.63) is 53.8 Å². The van der Waals surface area contributed by atoms with Crippen molar-refractivity contribution < 1.29 is 0 Å². The standard InChI is InChI=1S/C5H5N.C4H3BrN2/c1-2-4-6-5-3-1;5-4-6-2-1-3-7-4/h1-5H;1-3H. The van der Waals surface area contributed by atoms with E-state index in [2.05, 4.69) is 30.9 Å². The second kappa shape index (κ2) is 6.25. The summed E-state index contributed by atoms with van der Waals surface area (Å²) in [6, 6.07) is 7.48. The number of rotatable bonds is 0. The van der Waals surface area contributed by atoms with E-state index < -0.39 is 0 Å². The summed E-state index contributed by atoms with van der Waals surface area (Å²) in [7, 11) is 0. The predicted molar refractivity (Wildman–Crippen MR) is 54.0 cm³/mol. The van der Waals surface area contributed by atoms with Gasteiger partial charge in [-0.15, -0.1) is 0 Å². The molecule has 0 fully saturated rings. The van der Waals surface area contributed by atoms with Crippen LogP contribution >= 0.6 is 15.9 Å². The third-order valence-electron chi connectivity index (χ3n) is 1.10. The minimum atomic E-state index is 0.634. The maximum atomic E-state index is 3.78. The van der Waals surface area contributed by atoms with Gasteiger partial charge in [-0.05, 0) is 34.1 Å². The summed E-state index contributed by atoms with van der Waals surface area (Å²) in [5.74, 6) is 0. The Balaban J connectivity index is 0.000000132. The van der Waals surface area contributed by atoms with Crippen molar-refractivity contribution in [3.8, 4) is 0 Å². The van der Waals surface area contributed by atoms with E-state index >= 15 is 0 Å². The van der Waals surface area contributed by atoms with E-state index in [1.807, 2.05) is 18.2 Å². The molecule has 0 saturated heterocycles. The minimum absolute atomic E-state index is 0.634. The third kappa shape index (κ3) is 5.03. The molecule has 3 nitrogen and oxygen atoms in total. The summed E-state index contributed by atoms with van der Waals surface area (Å²) >= 11 is 3.09. The Morgan fingerprint density at radius 3 is 1.62 bits per heavy atom. The normalized spacial score (nSPS) is 8.38. The van der Waals surface area contributed by atoms with Crippen LogP contribution in [0.15, 0.2) is 53.8 Å². The second-order valence-corrected chi connectivity index (χ2v) is 2.75. The molecule has 0 saturated carbocycles. The molecule has 0 atom stereocenters. The van der Waals surface area contributed by atoms with Gasteiger partial charge in [0.05, 0.1) is 0 Å². The molecular weight excluding hydrogens is 230 g/mol. The molecule has 0 bridgehead atoms. The van der Waals surface area contributed by atoms with Crippen LogP contribution in [-0.4, -0.2) is 15.0 Å². The summed E-state index contributed by atoms with van der Waals surface area (Å²) in [6.45, 7) is 0. The molecule has 4 heteroatoms. The molecule has 0 aromatic carbocycles. The van der Waals surface area contributed by atoms with Gasteiger partial charge in [0.25, 0.3) is 0 Å². The number of nitrogens with zero attached hydrogens (tertiary/aromatic N) is 3. The highest BCUT2D eigenvalue weighted by Gasteiger charge is 1.77. The van der Waals surface area contributed by atoms with Crippen molar-refractivity contribution in [1.29, 1.82) is 0 Å². The van der Waals surface area contributed by atoms with Crippen LogP contribution in [0.1, 0.15) is 0 Å². The molecule has 2 aromatic rings. The molecule has 0 aliphatic heterocycles. The largest absolute Gasteiger partial charge is 0.265 e. The highest BCUT2D eigenvalue weighted by Crippen LogP contribution is 1.94. The molecule has 0 aliphatic rings. The van der Waals surface area contributed by atoms with Crippen molar-refractivity contribution in [3.63, 3.8) is 0 Å². The Hall–Kier alpha value is -1.29.